The van der Waals surface area contributed by atoms with Crippen LogP contribution in [-0.2, 0) is 19.6 Å². The van der Waals surface area contributed by atoms with Gasteiger partial charge in [-0.25, -0.2) is 13.8 Å². The highest BCUT2D eigenvalue weighted by molar-refractivity contribution is 5.79. The number of halogens is 2. The zero-order valence-corrected chi connectivity index (χ0v) is 17.8. The number of hydrogen-bond donors (Lipinski definition) is 2. The molecule has 2 aromatic carbocycles. The molecular weight excluding hydrogens is 384 g/mol. The van der Waals surface area contributed by atoms with E-state index in [0.29, 0.717) is 19.0 Å². The van der Waals surface area contributed by atoms with Crippen LogP contribution in [0.4, 0.5) is 8.78 Å². The second kappa shape index (κ2) is 11.0. The minimum Gasteiger partial charge on any atom is -0.357 e. The van der Waals surface area contributed by atoms with E-state index in [2.05, 4.69) is 56.7 Å². The third-order valence-corrected chi connectivity index (χ3v) is 5.24. The number of rotatable bonds is 7. The fourth-order valence-corrected chi connectivity index (χ4v) is 3.38. The zero-order valence-electron chi connectivity index (χ0n) is 17.8. The van der Waals surface area contributed by atoms with Gasteiger partial charge in [0.2, 0.25) is 0 Å². The minimum atomic E-state index is -0.452. The molecule has 0 aromatic heterocycles. The molecule has 30 heavy (non-hydrogen) atoms. The first-order valence-corrected chi connectivity index (χ1v) is 10.5. The van der Waals surface area contributed by atoms with E-state index >= 15 is 0 Å². The first-order chi connectivity index (χ1) is 14.5. The molecule has 0 atom stereocenters. The fraction of sp³-hybridized carbons (Fsp3) is 0.435. The second-order valence-electron chi connectivity index (χ2n) is 7.68. The first kappa shape index (κ1) is 22.2. The third-order valence-electron chi connectivity index (χ3n) is 5.24. The highest BCUT2D eigenvalue weighted by atomic mass is 19.1. The van der Waals surface area contributed by atoms with Gasteiger partial charge in [-0.05, 0) is 43.3 Å². The van der Waals surface area contributed by atoms with Gasteiger partial charge in [-0.2, -0.15) is 0 Å². The van der Waals surface area contributed by atoms with Crippen LogP contribution in [0.25, 0.3) is 0 Å². The van der Waals surface area contributed by atoms with Gasteiger partial charge in [0.25, 0.3) is 0 Å². The van der Waals surface area contributed by atoms with Crippen molar-refractivity contribution in [2.75, 3.05) is 39.8 Å². The van der Waals surface area contributed by atoms with Gasteiger partial charge in [0, 0.05) is 51.4 Å². The molecule has 0 saturated carbocycles. The summed E-state index contributed by atoms with van der Waals surface area (Å²) in [5, 5.41) is 6.20. The summed E-state index contributed by atoms with van der Waals surface area (Å²) in [5.74, 6) is -0.315. The predicted octanol–water partition coefficient (Wildman–Crippen LogP) is 2.97. The Kier molecular flexibility index (Phi) is 8.16. The average Bonchev–Trinajstić information content (AvgIpc) is 2.75. The standard InChI is InChI=1S/C23H31F2N5/c1-3-26-23(28-16-20-14-21(24)8-9-22(20)25)27-15-18-4-6-19(7-5-18)17-30-12-10-29(2)11-13-30/h4-9,14H,3,10-13,15-17H2,1-2H3,(H2,26,27,28). The third kappa shape index (κ3) is 6.78. The SMILES string of the molecule is CCNC(=NCc1ccc(CN2CCN(C)CC2)cc1)NCc1cc(F)ccc1F. The molecule has 3 rings (SSSR count). The normalized spacial score (nSPS) is 15.9. The number of piperazine rings is 1. The molecule has 1 aliphatic rings. The lowest BCUT2D eigenvalue weighted by Crippen LogP contribution is -2.43. The van der Waals surface area contributed by atoms with Crippen LogP contribution >= 0.6 is 0 Å². The Morgan fingerprint density at radius 1 is 0.967 bits per heavy atom. The van der Waals surface area contributed by atoms with Crippen LogP contribution < -0.4 is 10.6 Å². The molecule has 0 bridgehead atoms. The Bertz CT molecular complexity index is 830. The fourth-order valence-electron chi connectivity index (χ4n) is 3.38. The molecule has 0 aliphatic carbocycles. The molecule has 0 amide bonds. The number of guanidine groups is 1. The molecule has 162 valence electrons. The summed E-state index contributed by atoms with van der Waals surface area (Å²) in [6.45, 7) is 8.74. The second-order valence-corrected chi connectivity index (χ2v) is 7.68. The molecule has 0 spiro atoms. The van der Waals surface area contributed by atoms with E-state index in [4.69, 9.17) is 0 Å². The monoisotopic (exact) mass is 415 g/mol. The van der Waals surface area contributed by atoms with Crippen molar-refractivity contribution in [3.8, 4) is 0 Å². The van der Waals surface area contributed by atoms with Gasteiger partial charge in [-0.15, -0.1) is 0 Å². The van der Waals surface area contributed by atoms with Gasteiger partial charge in [-0.3, -0.25) is 4.90 Å². The molecule has 2 aromatic rings. The van der Waals surface area contributed by atoms with E-state index in [9.17, 15) is 8.78 Å². The van der Waals surface area contributed by atoms with Crippen molar-refractivity contribution in [3.05, 3.63) is 70.8 Å². The van der Waals surface area contributed by atoms with Crippen LogP contribution in [0.1, 0.15) is 23.6 Å². The van der Waals surface area contributed by atoms with E-state index in [-0.39, 0.29) is 12.1 Å². The smallest absolute Gasteiger partial charge is 0.191 e. The summed E-state index contributed by atoms with van der Waals surface area (Å²) >= 11 is 0. The topological polar surface area (TPSA) is 42.9 Å². The Labute approximate surface area is 177 Å². The number of likely N-dealkylation sites (N-methyl/N-ethyl adjacent to an activating group) is 1. The molecule has 1 aliphatic heterocycles. The van der Waals surface area contributed by atoms with Gasteiger partial charge in [0.15, 0.2) is 5.96 Å². The van der Waals surface area contributed by atoms with E-state index < -0.39 is 11.6 Å². The van der Waals surface area contributed by atoms with E-state index in [0.717, 1.165) is 50.4 Å². The first-order valence-electron chi connectivity index (χ1n) is 10.5. The van der Waals surface area contributed by atoms with Gasteiger partial charge in [0.05, 0.1) is 6.54 Å². The Hall–Kier alpha value is -2.51. The maximum Gasteiger partial charge on any atom is 0.191 e. The molecule has 0 unspecified atom stereocenters. The van der Waals surface area contributed by atoms with Gasteiger partial charge < -0.3 is 15.5 Å². The lowest BCUT2D eigenvalue weighted by molar-refractivity contribution is 0.148. The van der Waals surface area contributed by atoms with E-state index in [1.165, 1.54) is 11.6 Å². The van der Waals surface area contributed by atoms with Crippen molar-refractivity contribution in [1.29, 1.82) is 0 Å². The zero-order chi connectivity index (χ0) is 21.3. The van der Waals surface area contributed by atoms with Crippen LogP contribution in [0.5, 0.6) is 0 Å². The predicted molar refractivity (Wildman–Crippen MR) is 117 cm³/mol. The maximum absolute atomic E-state index is 13.8. The number of nitrogens with one attached hydrogen (secondary N) is 2. The summed E-state index contributed by atoms with van der Waals surface area (Å²) < 4.78 is 27.2. The van der Waals surface area contributed by atoms with Gasteiger partial charge >= 0.3 is 0 Å². The molecule has 0 radical (unpaired) electrons. The Morgan fingerprint density at radius 3 is 2.37 bits per heavy atom. The van der Waals surface area contributed by atoms with Crippen molar-refractivity contribution in [1.82, 2.24) is 20.4 Å². The lowest BCUT2D eigenvalue weighted by Gasteiger charge is -2.32. The summed E-state index contributed by atoms with van der Waals surface area (Å²) in [4.78, 5) is 9.40. The molecule has 2 N–H and O–H groups in total. The van der Waals surface area contributed by atoms with Crippen molar-refractivity contribution in [2.24, 2.45) is 4.99 Å². The van der Waals surface area contributed by atoms with Crippen molar-refractivity contribution in [3.63, 3.8) is 0 Å². The molecule has 7 heteroatoms. The summed E-state index contributed by atoms with van der Waals surface area (Å²) in [7, 11) is 2.16. The highest BCUT2D eigenvalue weighted by Crippen LogP contribution is 2.11. The minimum absolute atomic E-state index is 0.166. The van der Waals surface area contributed by atoms with Crippen LogP contribution in [0.2, 0.25) is 0 Å². The Morgan fingerprint density at radius 2 is 1.67 bits per heavy atom. The molecular formula is C23H31F2N5. The van der Waals surface area contributed by atoms with Crippen LogP contribution in [0.3, 0.4) is 0 Å². The largest absolute Gasteiger partial charge is 0.357 e. The quantitative estimate of drug-likeness (QED) is 0.539. The van der Waals surface area contributed by atoms with E-state index in [1.807, 2.05) is 6.92 Å². The van der Waals surface area contributed by atoms with Crippen LogP contribution in [-0.4, -0.2) is 55.5 Å². The Balaban J connectivity index is 1.54. The number of aliphatic imine (C=N–C) groups is 1. The maximum atomic E-state index is 13.8. The summed E-state index contributed by atoms with van der Waals surface area (Å²) in [6, 6.07) is 12.0. The number of benzene rings is 2. The number of nitrogens with zero attached hydrogens (tertiary/aromatic N) is 3. The lowest BCUT2D eigenvalue weighted by atomic mass is 10.1. The molecule has 1 fully saturated rings. The van der Waals surface area contributed by atoms with Crippen molar-refractivity contribution < 1.29 is 8.78 Å². The molecule has 1 heterocycles. The molecule has 1 saturated heterocycles. The number of hydrogen-bond acceptors (Lipinski definition) is 3. The van der Waals surface area contributed by atoms with Crippen molar-refractivity contribution >= 4 is 5.96 Å². The summed E-state index contributed by atoms with van der Waals surface area (Å²) in [6.07, 6.45) is 0. The van der Waals surface area contributed by atoms with Gasteiger partial charge in [-0.1, -0.05) is 24.3 Å². The molecule has 5 nitrogen and oxygen atoms in total. The highest BCUT2D eigenvalue weighted by Gasteiger charge is 2.13. The van der Waals surface area contributed by atoms with Gasteiger partial charge in [0.1, 0.15) is 11.6 Å². The van der Waals surface area contributed by atoms with E-state index in [1.54, 1.807) is 0 Å². The van der Waals surface area contributed by atoms with Crippen molar-refractivity contribution in [2.45, 2.75) is 26.6 Å². The summed E-state index contributed by atoms with van der Waals surface area (Å²) in [5.41, 5.74) is 2.68. The van der Waals surface area contributed by atoms with Crippen LogP contribution in [0.15, 0.2) is 47.5 Å². The average molecular weight is 416 g/mol. The van der Waals surface area contributed by atoms with Crippen LogP contribution in [0, 0.1) is 11.6 Å².